The lowest BCUT2D eigenvalue weighted by Crippen LogP contribution is -2.40. The molecule has 0 fully saturated rings. The van der Waals surface area contributed by atoms with Crippen molar-refractivity contribution in [3.63, 3.8) is 0 Å². The number of carbonyl (C=O) groups is 2. The molecular weight excluding hydrogens is 426 g/mol. The van der Waals surface area contributed by atoms with Crippen LogP contribution >= 0.6 is 0 Å². The summed E-state index contributed by atoms with van der Waals surface area (Å²) in [5, 5.41) is 6.99. The van der Waals surface area contributed by atoms with Gasteiger partial charge in [0.05, 0.1) is 12.6 Å². The van der Waals surface area contributed by atoms with Gasteiger partial charge in [-0.05, 0) is 24.5 Å². The van der Waals surface area contributed by atoms with Crippen LogP contribution in [0.15, 0.2) is 95.5 Å². The molecule has 0 saturated carbocycles. The molecule has 0 bridgehead atoms. The molecule has 4 rings (SSSR count). The summed E-state index contributed by atoms with van der Waals surface area (Å²) >= 11 is 0. The van der Waals surface area contributed by atoms with Crippen LogP contribution in [-0.4, -0.2) is 35.5 Å². The van der Waals surface area contributed by atoms with E-state index in [0.717, 1.165) is 22.3 Å². The van der Waals surface area contributed by atoms with Gasteiger partial charge < -0.3 is 14.7 Å². The van der Waals surface area contributed by atoms with Gasteiger partial charge >= 0.3 is 0 Å². The zero-order chi connectivity index (χ0) is 23.9. The Labute approximate surface area is 199 Å². The van der Waals surface area contributed by atoms with E-state index in [9.17, 15) is 9.59 Å². The van der Waals surface area contributed by atoms with E-state index in [-0.39, 0.29) is 30.1 Å². The van der Waals surface area contributed by atoms with E-state index in [4.69, 9.17) is 4.52 Å². The number of hydrogen-bond donors (Lipinski definition) is 1. The average Bonchev–Trinajstić information content (AvgIpc) is 3.35. The Balaban J connectivity index is 1.41. The summed E-state index contributed by atoms with van der Waals surface area (Å²) in [7, 11) is 1.58. The number of aryl methyl sites for hydroxylation is 1. The summed E-state index contributed by atoms with van der Waals surface area (Å²) in [4.78, 5) is 27.1. The molecule has 0 aliphatic rings. The van der Waals surface area contributed by atoms with Gasteiger partial charge in [0.2, 0.25) is 5.91 Å². The maximum absolute atomic E-state index is 12.9. The Hall–Kier alpha value is -4.19. The SMILES string of the molecule is Cc1ccc(-c2cc(C(=O)N(C)CC(=O)NC(Cc3ccccc3)c3ccccc3)no2)cc1. The number of nitrogens with zero attached hydrogens (tertiary/aromatic N) is 2. The molecule has 172 valence electrons. The number of benzene rings is 3. The van der Waals surface area contributed by atoms with Gasteiger partial charge in [0, 0.05) is 18.7 Å². The van der Waals surface area contributed by atoms with Crippen LogP contribution in [-0.2, 0) is 11.2 Å². The Bertz CT molecular complexity index is 1230. The van der Waals surface area contributed by atoms with Crippen LogP contribution in [0.3, 0.4) is 0 Å². The molecule has 0 spiro atoms. The molecule has 1 aromatic heterocycles. The van der Waals surface area contributed by atoms with Crippen molar-refractivity contribution in [2.24, 2.45) is 0 Å². The van der Waals surface area contributed by atoms with Crippen molar-refractivity contribution in [2.45, 2.75) is 19.4 Å². The van der Waals surface area contributed by atoms with Crippen LogP contribution in [0.5, 0.6) is 0 Å². The fraction of sp³-hybridized carbons (Fsp3) is 0.179. The lowest BCUT2D eigenvalue weighted by molar-refractivity contribution is -0.122. The molecule has 6 heteroatoms. The van der Waals surface area contributed by atoms with Gasteiger partial charge in [-0.3, -0.25) is 9.59 Å². The quantitative estimate of drug-likeness (QED) is 0.415. The zero-order valence-corrected chi connectivity index (χ0v) is 19.3. The molecule has 4 aromatic rings. The number of carbonyl (C=O) groups excluding carboxylic acids is 2. The van der Waals surface area contributed by atoms with Crippen LogP contribution < -0.4 is 5.32 Å². The van der Waals surface area contributed by atoms with Crippen molar-refractivity contribution >= 4 is 11.8 Å². The molecule has 0 aliphatic carbocycles. The third-order valence-corrected chi connectivity index (χ3v) is 5.61. The zero-order valence-electron chi connectivity index (χ0n) is 19.3. The Morgan fingerprint density at radius 2 is 1.59 bits per heavy atom. The number of nitrogens with one attached hydrogen (secondary N) is 1. The fourth-order valence-corrected chi connectivity index (χ4v) is 3.74. The van der Waals surface area contributed by atoms with Gasteiger partial charge in [0.15, 0.2) is 11.5 Å². The number of aromatic nitrogens is 1. The maximum Gasteiger partial charge on any atom is 0.276 e. The van der Waals surface area contributed by atoms with Gasteiger partial charge in [0.25, 0.3) is 5.91 Å². The van der Waals surface area contributed by atoms with E-state index in [1.54, 1.807) is 13.1 Å². The second-order valence-electron chi connectivity index (χ2n) is 8.32. The van der Waals surface area contributed by atoms with Gasteiger partial charge in [-0.2, -0.15) is 0 Å². The van der Waals surface area contributed by atoms with Gasteiger partial charge in [-0.1, -0.05) is 95.6 Å². The largest absolute Gasteiger partial charge is 0.355 e. The minimum Gasteiger partial charge on any atom is -0.355 e. The third kappa shape index (κ3) is 5.78. The highest BCUT2D eigenvalue weighted by atomic mass is 16.5. The molecule has 0 radical (unpaired) electrons. The smallest absolute Gasteiger partial charge is 0.276 e. The molecule has 3 aromatic carbocycles. The molecule has 34 heavy (non-hydrogen) atoms. The minimum absolute atomic E-state index is 0.0936. The summed E-state index contributed by atoms with van der Waals surface area (Å²) < 4.78 is 5.36. The van der Waals surface area contributed by atoms with Crippen LogP contribution in [0.25, 0.3) is 11.3 Å². The highest BCUT2D eigenvalue weighted by Crippen LogP contribution is 2.22. The highest BCUT2D eigenvalue weighted by Gasteiger charge is 2.22. The van der Waals surface area contributed by atoms with Crippen molar-refractivity contribution < 1.29 is 14.1 Å². The van der Waals surface area contributed by atoms with E-state index in [0.29, 0.717) is 12.2 Å². The molecule has 1 heterocycles. The Morgan fingerprint density at radius 1 is 0.941 bits per heavy atom. The van der Waals surface area contributed by atoms with Crippen molar-refractivity contribution in [1.82, 2.24) is 15.4 Å². The van der Waals surface area contributed by atoms with Crippen LogP contribution in [0, 0.1) is 6.92 Å². The van der Waals surface area contributed by atoms with Gasteiger partial charge in [-0.15, -0.1) is 0 Å². The predicted molar refractivity (Wildman–Crippen MR) is 131 cm³/mol. The number of likely N-dealkylation sites (N-methyl/N-ethyl adjacent to an activating group) is 1. The predicted octanol–water partition coefficient (Wildman–Crippen LogP) is 4.82. The van der Waals surface area contributed by atoms with Crippen molar-refractivity contribution in [2.75, 3.05) is 13.6 Å². The second kappa shape index (κ2) is 10.6. The van der Waals surface area contributed by atoms with Crippen LogP contribution in [0.4, 0.5) is 0 Å². The maximum atomic E-state index is 12.9. The Morgan fingerprint density at radius 3 is 2.26 bits per heavy atom. The van der Waals surface area contributed by atoms with E-state index in [2.05, 4.69) is 10.5 Å². The first kappa shape index (κ1) is 23.0. The summed E-state index contributed by atoms with van der Waals surface area (Å²) in [6.45, 7) is 1.91. The number of rotatable bonds is 8. The standard InChI is InChI=1S/C28H27N3O3/c1-20-13-15-23(16-14-20)26-18-25(30-34-26)28(33)31(2)19-27(32)29-24(22-11-7-4-8-12-22)17-21-9-5-3-6-10-21/h3-16,18,24H,17,19H2,1-2H3,(H,29,32). The van der Waals surface area contributed by atoms with Gasteiger partial charge in [0.1, 0.15) is 0 Å². The highest BCUT2D eigenvalue weighted by molar-refractivity contribution is 5.95. The normalized spacial score (nSPS) is 11.6. The fourth-order valence-electron chi connectivity index (χ4n) is 3.74. The molecule has 0 saturated heterocycles. The van der Waals surface area contributed by atoms with Crippen molar-refractivity contribution in [3.05, 3.63) is 113 Å². The molecule has 6 nitrogen and oxygen atoms in total. The lowest BCUT2D eigenvalue weighted by Gasteiger charge is -2.22. The molecule has 1 unspecified atom stereocenters. The van der Waals surface area contributed by atoms with Gasteiger partial charge in [-0.25, -0.2) is 0 Å². The van der Waals surface area contributed by atoms with E-state index < -0.39 is 0 Å². The first-order valence-corrected chi connectivity index (χ1v) is 11.2. The molecule has 2 amide bonds. The average molecular weight is 454 g/mol. The first-order chi connectivity index (χ1) is 16.5. The molecular formula is C28H27N3O3. The first-order valence-electron chi connectivity index (χ1n) is 11.2. The van der Waals surface area contributed by atoms with E-state index in [1.807, 2.05) is 91.9 Å². The second-order valence-corrected chi connectivity index (χ2v) is 8.32. The van der Waals surface area contributed by atoms with E-state index >= 15 is 0 Å². The summed E-state index contributed by atoms with van der Waals surface area (Å²) in [6, 6.07) is 29.0. The molecule has 1 N–H and O–H groups in total. The summed E-state index contributed by atoms with van der Waals surface area (Å²) in [5.74, 6) is -0.118. The van der Waals surface area contributed by atoms with Crippen molar-refractivity contribution in [1.29, 1.82) is 0 Å². The topological polar surface area (TPSA) is 75.4 Å². The summed E-state index contributed by atoms with van der Waals surface area (Å²) in [5.41, 5.74) is 4.26. The molecule has 1 atom stereocenters. The van der Waals surface area contributed by atoms with E-state index in [1.165, 1.54) is 4.90 Å². The third-order valence-electron chi connectivity index (χ3n) is 5.61. The minimum atomic E-state index is -0.378. The summed E-state index contributed by atoms with van der Waals surface area (Å²) in [6.07, 6.45) is 0.650. The lowest BCUT2D eigenvalue weighted by atomic mass is 9.99. The number of amides is 2. The van der Waals surface area contributed by atoms with Crippen LogP contribution in [0.2, 0.25) is 0 Å². The number of hydrogen-bond acceptors (Lipinski definition) is 4. The Kier molecular flexibility index (Phi) is 7.18. The molecule has 0 aliphatic heterocycles. The monoisotopic (exact) mass is 453 g/mol. The van der Waals surface area contributed by atoms with Crippen LogP contribution in [0.1, 0.15) is 33.2 Å². The van der Waals surface area contributed by atoms with Crippen molar-refractivity contribution in [3.8, 4) is 11.3 Å².